The van der Waals surface area contributed by atoms with Crippen molar-refractivity contribution in [1.29, 1.82) is 0 Å². The topological polar surface area (TPSA) is 12.0 Å². The standard InChI is InChI=1S/C12H25NS/c1-11(2)7-9-14-10-8-13-12-5-3-4-6-12/h11-13H,3-10H2,1-2H3. The molecule has 0 saturated heterocycles. The third-order valence-electron chi connectivity index (χ3n) is 2.87. The van der Waals surface area contributed by atoms with E-state index >= 15 is 0 Å². The minimum absolute atomic E-state index is 0.848. The zero-order chi connectivity index (χ0) is 10.2. The third-order valence-corrected chi connectivity index (χ3v) is 3.89. The number of hydrogen-bond acceptors (Lipinski definition) is 2. The van der Waals surface area contributed by atoms with Crippen molar-refractivity contribution in [2.45, 2.75) is 52.0 Å². The molecular weight excluding hydrogens is 190 g/mol. The number of rotatable bonds is 7. The Morgan fingerprint density at radius 1 is 1.21 bits per heavy atom. The second-order valence-corrected chi connectivity index (χ2v) is 5.96. The molecule has 0 aromatic rings. The first-order valence-corrected chi connectivity index (χ1v) is 7.25. The molecule has 0 spiro atoms. The van der Waals surface area contributed by atoms with E-state index in [4.69, 9.17) is 0 Å². The Labute approximate surface area is 93.4 Å². The summed E-state index contributed by atoms with van der Waals surface area (Å²) in [5, 5.41) is 3.65. The lowest BCUT2D eigenvalue weighted by molar-refractivity contribution is 0.545. The van der Waals surface area contributed by atoms with E-state index in [0.717, 1.165) is 12.0 Å². The van der Waals surface area contributed by atoms with E-state index in [9.17, 15) is 0 Å². The summed E-state index contributed by atoms with van der Waals surface area (Å²) >= 11 is 2.10. The first kappa shape index (κ1) is 12.4. The first-order valence-electron chi connectivity index (χ1n) is 6.10. The van der Waals surface area contributed by atoms with Crippen molar-refractivity contribution in [2.75, 3.05) is 18.1 Å². The fourth-order valence-corrected chi connectivity index (χ4v) is 2.99. The van der Waals surface area contributed by atoms with Crippen LogP contribution in [0.3, 0.4) is 0 Å². The van der Waals surface area contributed by atoms with E-state index in [2.05, 4.69) is 30.9 Å². The van der Waals surface area contributed by atoms with E-state index in [0.29, 0.717) is 0 Å². The maximum Gasteiger partial charge on any atom is 0.00673 e. The highest BCUT2D eigenvalue weighted by molar-refractivity contribution is 7.99. The molecule has 1 rings (SSSR count). The fraction of sp³-hybridized carbons (Fsp3) is 1.00. The summed E-state index contributed by atoms with van der Waals surface area (Å²) in [5.74, 6) is 3.50. The second kappa shape index (κ2) is 7.58. The quantitative estimate of drug-likeness (QED) is 0.654. The molecular formula is C12H25NS. The summed E-state index contributed by atoms with van der Waals surface area (Å²) in [6, 6.07) is 0.848. The molecule has 1 N–H and O–H groups in total. The van der Waals surface area contributed by atoms with E-state index < -0.39 is 0 Å². The van der Waals surface area contributed by atoms with Crippen LogP contribution in [0.2, 0.25) is 0 Å². The van der Waals surface area contributed by atoms with Gasteiger partial charge in [-0.25, -0.2) is 0 Å². The summed E-state index contributed by atoms with van der Waals surface area (Å²) in [7, 11) is 0. The van der Waals surface area contributed by atoms with Crippen molar-refractivity contribution >= 4 is 11.8 Å². The lowest BCUT2D eigenvalue weighted by Gasteiger charge is -2.11. The molecule has 0 unspecified atom stereocenters. The SMILES string of the molecule is CC(C)CCSCCNC1CCCC1. The molecule has 14 heavy (non-hydrogen) atoms. The van der Waals surface area contributed by atoms with E-state index in [1.807, 2.05) is 0 Å². The Bertz CT molecular complexity index is 130. The van der Waals surface area contributed by atoms with Crippen LogP contribution in [0, 0.1) is 5.92 Å². The highest BCUT2D eigenvalue weighted by atomic mass is 32.2. The van der Waals surface area contributed by atoms with Gasteiger partial charge in [-0.2, -0.15) is 11.8 Å². The van der Waals surface area contributed by atoms with Gasteiger partial charge in [-0.05, 0) is 30.9 Å². The van der Waals surface area contributed by atoms with E-state index in [1.54, 1.807) is 0 Å². The molecule has 2 heteroatoms. The number of thioether (sulfide) groups is 1. The molecule has 0 aromatic heterocycles. The van der Waals surface area contributed by atoms with Crippen LogP contribution in [0.4, 0.5) is 0 Å². The smallest absolute Gasteiger partial charge is 0.00673 e. The second-order valence-electron chi connectivity index (χ2n) is 4.73. The molecule has 0 amide bonds. The van der Waals surface area contributed by atoms with Crippen LogP contribution in [0.5, 0.6) is 0 Å². The molecule has 0 heterocycles. The van der Waals surface area contributed by atoms with Crippen molar-refractivity contribution < 1.29 is 0 Å². The van der Waals surface area contributed by atoms with E-state index in [1.165, 1.54) is 50.2 Å². The molecule has 84 valence electrons. The lowest BCUT2D eigenvalue weighted by atomic mass is 10.2. The third kappa shape index (κ3) is 5.92. The molecule has 1 fully saturated rings. The van der Waals surface area contributed by atoms with Gasteiger partial charge in [-0.15, -0.1) is 0 Å². The molecule has 0 aromatic carbocycles. The van der Waals surface area contributed by atoms with Gasteiger partial charge in [-0.1, -0.05) is 26.7 Å². The summed E-state index contributed by atoms with van der Waals surface area (Å²) in [6.07, 6.45) is 7.08. The molecule has 0 bridgehead atoms. The molecule has 1 aliphatic rings. The highest BCUT2D eigenvalue weighted by Crippen LogP contribution is 2.17. The summed E-state index contributed by atoms with van der Waals surface area (Å²) in [4.78, 5) is 0. The Kier molecular flexibility index (Phi) is 6.70. The van der Waals surface area contributed by atoms with Gasteiger partial charge in [0, 0.05) is 18.3 Å². The Balaban J connectivity index is 1.79. The minimum Gasteiger partial charge on any atom is -0.313 e. The monoisotopic (exact) mass is 215 g/mol. The average Bonchev–Trinajstić information content (AvgIpc) is 2.63. The van der Waals surface area contributed by atoms with Gasteiger partial charge in [0.1, 0.15) is 0 Å². The molecule has 1 nitrogen and oxygen atoms in total. The van der Waals surface area contributed by atoms with Gasteiger partial charge in [0.15, 0.2) is 0 Å². The van der Waals surface area contributed by atoms with Crippen LogP contribution in [0.15, 0.2) is 0 Å². The predicted octanol–water partition coefficient (Wildman–Crippen LogP) is 3.30. The van der Waals surface area contributed by atoms with Crippen molar-refractivity contribution in [2.24, 2.45) is 5.92 Å². The molecule has 0 aliphatic heterocycles. The molecule has 1 aliphatic carbocycles. The van der Waals surface area contributed by atoms with Crippen LogP contribution in [0.1, 0.15) is 46.0 Å². The maximum atomic E-state index is 3.65. The van der Waals surface area contributed by atoms with Crippen LogP contribution in [-0.4, -0.2) is 24.1 Å². The van der Waals surface area contributed by atoms with Crippen LogP contribution < -0.4 is 5.32 Å². The van der Waals surface area contributed by atoms with Gasteiger partial charge in [0.25, 0.3) is 0 Å². The van der Waals surface area contributed by atoms with Gasteiger partial charge < -0.3 is 5.32 Å². The number of hydrogen-bond donors (Lipinski definition) is 1. The minimum atomic E-state index is 0.848. The Morgan fingerprint density at radius 3 is 2.57 bits per heavy atom. The van der Waals surface area contributed by atoms with Crippen molar-refractivity contribution in [3.63, 3.8) is 0 Å². The lowest BCUT2D eigenvalue weighted by Crippen LogP contribution is -2.28. The Hall–Kier alpha value is 0.310. The summed E-state index contributed by atoms with van der Waals surface area (Å²) < 4.78 is 0. The van der Waals surface area contributed by atoms with Gasteiger partial charge >= 0.3 is 0 Å². The normalized spacial score (nSPS) is 18.2. The first-order chi connectivity index (χ1) is 6.79. The summed E-state index contributed by atoms with van der Waals surface area (Å²) in [5.41, 5.74) is 0. The molecule has 0 radical (unpaired) electrons. The molecule has 0 atom stereocenters. The van der Waals surface area contributed by atoms with Gasteiger partial charge in [0.2, 0.25) is 0 Å². The maximum absolute atomic E-state index is 3.65. The Morgan fingerprint density at radius 2 is 1.93 bits per heavy atom. The molecule has 1 saturated carbocycles. The van der Waals surface area contributed by atoms with Crippen molar-refractivity contribution in [3.8, 4) is 0 Å². The van der Waals surface area contributed by atoms with Crippen molar-refractivity contribution in [1.82, 2.24) is 5.32 Å². The zero-order valence-corrected chi connectivity index (χ0v) is 10.5. The average molecular weight is 215 g/mol. The zero-order valence-electron chi connectivity index (χ0n) is 9.72. The van der Waals surface area contributed by atoms with Crippen LogP contribution >= 0.6 is 11.8 Å². The largest absolute Gasteiger partial charge is 0.313 e. The predicted molar refractivity (Wildman–Crippen MR) is 67.0 cm³/mol. The highest BCUT2D eigenvalue weighted by Gasteiger charge is 2.12. The van der Waals surface area contributed by atoms with Gasteiger partial charge in [0.05, 0.1) is 0 Å². The van der Waals surface area contributed by atoms with E-state index in [-0.39, 0.29) is 0 Å². The van der Waals surface area contributed by atoms with Crippen LogP contribution in [0.25, 0.3) is 0 Å². The van der Waals surface area contributed by atoms with Crippen LogP contribution in [-0.2, 0) is 0 Å². The fourth-order valence-electron chi connectivity index (χ4n) is 1.89. The summed E-state index contributed by atoms with van der Waals surface area (Å²) in [6.45, 7) is 5.82. The van der Waals surface area contributed by atoms with Gasteiger partial charge in [-0.3, -0.25) is 0 Å². The number of nitrogens with one attached hydrogen (secondary N) is 1. The van der Waals surface area contributed by atoms with Crippen molar-refractivity contribution in [3.05, 3.63) is 0 Å².